The summed E-state index contributed by atoms with van der Waals surface area (Å²) in [5, 5.41) is 8.17. The number of aryl methyl sites for hydroxylation is 2. The third-order valence-electron chi connectivity index (χ3n) is 4.26. The second-order valence-corrected chi connectivity index (χ2v) is 5.74. The molecule has 19 heavy (non-hydrogen) atoms. The summed E-state index contributed by atoms with van der Waals surface area (Å²) >= 11 is 0. The maximum Gasteiger partial charge on any atom is 0.0628 e. The second-order valence-electron chi connectivity index (χ2n) is 5.74. The first-order chi connectivity index (χ1) is 9.01. The number of hydrogen-bond acceptors (Lipinski definition) is 2. The van der Waals surface area contributed by atoms with Crippen LogP contribution in [0.3, 0.4) is 0 Å². The summed E-state index contributed by atoms with van der Waals surface area (Å²) in [6, 6.07) is 0.629. The molecule has 2 unspecified atom stereocenters. The van der Waals surface area contributed by atoms with Crippen molar-refractivity contribution < 1.29 is 0 Å². The largest absolute Gasteiger partial charge is 0.314 e. The maximum atomic E-state index is 4.51. The van der Waals surface area contributed by atoms with E-state index in [0.717, 1.165) is 18.9 Å². The Balaban J connectivity index is 2.65. The summed E-state index contributed by atoms with van der Waals surface area (Å²) in [4.78, 5) is 0. The van der Waals surface area contributed by atoms with Crippen LogP contribution in [0.15, 0.2) is 0 Å². The van der Waals surface area contributed by atoms with Crippen LogP contribution in [-0.4, -0.2) is 22.4 Å². The zero-order chi connectivity index (χ0) is 14.4. The van der Waals surface area contributed by atoms with Gasteiger partial charge in [0.2, 0.25) is 0 Å². The lowest BCUT2D eigenvalue weighted by Crippen LogP contribution is -2.35. The van der Waals surface area contributed by atoms with Gasteiger partial charge in [0, 0.05) is 18.8 Å². The summed E-state index contributed by atoms with van der Waals surface area (Å²) in [6.45, 7) is 12.2. The first-order valence-corrected chi connectivity index (χ1v) is 7.73. The van der Waals surface area contributed by atoms with E-state index < -0.39 is 0 Å². The normalized spacial score (nSPS) is 14.6. The van der Waals surface area contributed by atoms with Crippen LogP contribution in [0.4, 0.5) is 0 Å². The van der Waals surface area contributed by atoms with E-state index in [9.17, 15) is 0 Å². The van der Waals surface area contributed by atoms with Crippen LogP contribution in [0, 0.1) is 19.8 Å². The van der Waals surface area contributed by atoms with Gasteiger partial charge in [0.05, 0.1) is 5.69 Å². The standard InChI is InChI=1S/C16H31N3/c1-7-9-12(3)16(17-8-2)11-10-15-13(4)18-19(6)14(15)5/h12,16-17H,7-11H2,1-6H3. The van der Waals surface area contributed by atoms with Gasteiger partial charge in [0.15, 0.2) is 0 Å². The predicted octanol–water partition coefficient (Wildman–Crippen LogP) is 3.38. The van der Waals surface area contributed by atoms with Gasteiger partial charge >= 0.3 is 0 Å². The Kier molecular flexibility index (Phi) is 6.56. The molecule has 0 saturated carbocycles. The maximum absolute atomic E-state index is 4.51. The average molecular weight is 265 g/mol. The van der Waals surface area contributed by atoms with Gasteiger partial charge in [-0.05, 0) is 51.1 Å². The average Bonchev–Trinajstić information content (AvgIpc) is 2.60. The Morgan fingerprint density at radius 3 is 2.37 bits per heavy atom. The minimum atomic E-state index is 0.629. The summed E-state index contributed by atoms with van der Waals surface area (Å²) in [7, 11) is 2.04. The minimum absolute atomic E-state index is 0.629. The number of hydrogen-bond donors (Lipinski definition) is 1. The van der Waals surface area contributed by atoms with Gasteiger partial charge in [-0.2, -0.15) is 5.10 Å². The third kappa shape index (κ3) is 4.34. The Morgan fingerprint density at radius 1 is 1.21 bits per heavy atom. The van der Waals surface area contributed by atoms with E-state index in [4.69, 9.17) is 0 Å². The SMILES string of the molecule is CCCC(C)C(CCc1c(C)nn(C)c1C)NCC. The van der Waals surface area contributed by atoms with Crippen LogP contribution in [0.1, 0.15) is 57.0 Å². The highest BCUT2D eigenvalue weighted by atomic mass is 15.3. The molecule has 1 heterocycles. The molecule has 0 aliphatic carbocycles. The third-order valence-corrected chi connectivity index (χ3v) is 4.26. The quantitative estimate of drug-likeness (QED) is 0.781. The van der Waals surface area contributed by atoms with Crippen molar-refractivity contribution in [2.45, 2.75) is 66.3 Å². The molecule has 0 radical (unpaired) electrons. The molecule has 1 aromatic heterocycles. The summed E-state index contributed by atoms with van der Waals surface area (Å²) in [6.07, 6.45) is 4.93. The highest BCUT2D eigenvalue weighted by Gasteiger charge is 2.17. The molecule has 0 fully saturated rings. The Hall–Kier alpha value is -0.830. The molecular weight excluding hydrogens is 234 g/mol. The van der Waals surface area contributed by atoms with E-state index in [1.807, 2.05) is 11.7 Å². The van der Waals surface area contributed by atoms with Gasteiger partial charge < -0.3 is 5.32 Å². The number of nitrogens with zero attached hydrogens (tertiary/aromatic N) is 2. The first kappa shape index (κ1) is 16.2. The molecule has 3 heteroatoms. The summed E-state index contributed by atoms with van der Waals surface area (Å²) in [5.74, 6) is 0.752. The topological polar surface area (TPSA) is 29.9 Å². The predicted molar refractivity (Wildman–Crippen MR) is 82.5 cm³/mol. The molecule has 0 aliphatic heterocycles. The molecule has 1 N–H and O–H groups in total. The fourth-order valence-corrected chi connectivity index (χ4v) is 2.99. The molecular formula is C16H31N3. The fourth-order valence-electron chi connectivity index (χ4n) is 2.99. The zero-order valence-corrected chi connectivity index (χ0v) is 13.6. The molecule has 0 amide bonds. The number of aromatic nitrogens is 2. The van der Waals surface area contributed by atoms with Crippen LogP contribution >= 0.6 is 0 Å². The van der Waals surface area contributed by atoms with Crippen molar-refractivity contribution in [3.63, 3.8) is 0 Å². The van der Waals surface area contributed by atoms with Gasteiger partial charge in [0.1, 0.15) is 0 Å². The Morgan fingerprint density at radius 2 is 1.89 bits per heavy atom. The molecule has 110 valence electrons. The Bertz CT molecular complexity index is 382. The lowest BCUT2D eigenvalue weighted by molar-refractivity contribution is 0.342. The number of nitrogens with one attached hydrogen (secondary N) is 1. The van der Waals surface area contributed by atoms with E-state index in [0.29, 0.717) is 6.04 Å². The lowest BCUT2D eigenvalue weighted by Gasteiger charge is -2.24. The fraction of sp³-hybridized carbons (Fsp3) is 0.812. The van der Waals surface area contributed by atoms with Crippen LogP contribution in [-0.2, 0) is 13.5 Å². The molecule has 0 saturated heterocycles. The smallest absolute Gasteiger partial charge is 0.0628 e. The Labute approximate surface area is 118 Å². The van der Waals surface area contributed by atoms with E-state index in [-0.39, 0.29) is 0 Å². The van der Waals surface area contributed by atoms with Gasteiger partial charge in [-0.3, -0.25) is 4.68 Å². The lowest BCUT2D eigenvalue weighted by atomic mass is 9.91. The first-order valence-electron chi connectivity index (χ1n) is 7.73. The molecule has 3 nitrogen and oxygen atoms in total. The molecule has 0 aliphatic rings. The summed E-state index contributed by atoms with van der Waals surface area (Å²) < 4.78 is 2.00. The molecule has 0 bridgehead atoms. The molecule has 1 aromatic rings. The zero-order valence-electron chi connectivity index (χ0n) is 13.6. The van der Waals surface area contributed by atoms with Crippen LogP contribution in [0.5, 0.6) is 0 Å². The molecule has 1 rings (SSSR count). The molecule has 0 aromatic carbocycles. The highest BCUT2D eigenvalue weighted by molar-refractivity contribution is 5.24. The van der Waals surface area contributed by atoms with Crippen LogP contribution in [0.2, 0.25) is 0 Å². The van der Waals surface area contributed by atoms with E-state index in [1.165, 1.54) is 36.2 Å². The van der Waals surface area contributed by atoms with Crippen molar-refractivity contribution in [3.05, 3.63) is 17.0 Å². The van der Waals surface area contributed by atoms with Gasteiger partial charge in [-0.25, -0.2) is 0 Å². The van der Waals surface area contributed by atoms with Crippen molar-refractivity contribution in [1.29, 1.82) is 0 Å². The van der Waals surface area contributed by atoms with Crippen molar-refractivity contribution in [1.82, 2.24) is 15.1 Å². The minimum Gasteiger partial charge on any atom is -0.314 e. The van der Waals surface area contributed by atoms with E-state index in [1.54, 1.807) is 0 Å². The van der Waals surface area contributed by atoms with Crippen molar-refractivity contribution >= 4 is 0 Å². The molecule has 2 atom stereocenters. The summed E-state index contributed by atoms with van der Waals surface area (Å²) in [5.41, 5.74) is 3.95. The highest BCUT2D eigenvalue weighted by Crippen LogP contribution is 2.19. The second kappa shape index (κ2) is 7.68. The van der Waals surface area contributed by atoms with Crippen molar-refractivity contribution in [2.24, 2.45) is 13.0 Å². The van der Waals surface area contributed by atoms with E-state index >= 15 is 0 Å². The van der Waals surface area contributed by atoms with E-state index in [2.05, 4.69) is 45.0 Å². The van der Waals surface area contributed by atoms with Crippen LogP contribution < -0.4 is 5.32 Å². The van der Waals surface area contributed by atoms with Crippen molar-refractivity contribution in [3.8, 4) is 0 Å². The molecule has 0 spiro atoms. The monoisotopic (exact) mass is 265 g/mol. The van der Waals surface area contributed by atoms with Crippen LogP contribution in [0.25, 0.3) is 0 Å². The van der Waals surface area contributed by atoms with Gasteiger partial charge in [0.25, 0.3) is 0 Å². The van der Waals surface area contributed by atoms with Gasteiger partial charge in [-0.1, -0.05) is 27.2 Å². The van der Waals surface area contributed by atoms with Crippen molar-refractivity contribution in [2.75, 3.05) is 6.54 Å². The van der Waals surface area contributed by atoms with Gasteiger partial charge in [-0.15, -0.1) is 0 Å². The number of rotatable bonds is 8.